The molecule has 1 rings (SSSR count). The number of benzene rings is 1. The number of hydrogen-bond donors (Lipinski definition) is 2. The number of carbonyl (C=O) groups excluding carboxylic acids is 1. The van der Waals surface area contributed by atoms with Gasteiger partial charge in [0.15, 0.2) is 6.17 Å². The number of hydrogen-bond acceptors (Lipinski definition) is 2. The third-order valence-electron chi connectivity index (χ3n) is 1.85. The van der Waals surface area contributed by atoms with Crippen LogP contribution in [-0.2, 0) is 4.79 Å². The summed E-state index contributed by atoms with van der Waals surface area (Å²) >= 11 is 4.01. The Kier molecular flexibility index (Phi) is 4.67. The molecule has 2 nitrogen and oxygen atoms in total. The van der Waals surface area contributed by atoms with Crippen LogP contribution in [0.15, 0.2) is 29.2 Å². The van der Waals surface area contributed by atoms with Gasteiger partial charge in [-0.25, -0.2) is 13.2 Å². The molecule has 0 saturated carbocycles. The molecule has 2 atom stereocenters. The van der Waals surface area contributed by atoms with Gasteiger partial charge >= 0.3 is 0 Å². The van der Waals surface area contributed by atoms with E-state index in [9.17, 15) is 18.0 Å². The van der Waals surface area contributed by atoms with Crippen LogP contribution >= 0.6 is 12.6 Å². The van der Waals surface area contributed by atoms with Crippen molar-refractivity contribution in [1.29, 1.82) is 0 Å². The van der Waals surface area contributed by atoms with Crippen molar-refractivity contribution in [2.75, 3.05) is 12.0 Å². The lowest BCUT2D eigenvalue weighted by atomic mass is 10.2. The normalized spacial score (nSPS) is 14.2. The van der Waals surface area contributed by atoms with E-state index >= 15 is 0 Å². The van der Waals surface area contributed by atoms with Crippen LogP contribution in [0.25, 0.3) is 0 Å². The van der Waals surface area contributed by atoms with Crippen LogP contribution in [0.1, 0.15) is 0 Å². The molecule has 1 aromatic rings. The number of halogens is 3. The molecule has 2 unspecified atom stereocenters. The van der Waals surface area contributed by atoms with Crippen LogP contribution in [-0.4, -0.2) is 24.9 Å². The van der Waals surface area contributed by atoms with Crippen molar-refractivity contribution >= 4 is 24.2 Å². The monoisotopic (exact) mass is 249 g/mol. The molecule has 1 aromatic carbocycles. The zero-order chi connectivity index (χ0) is 12.1. The Balaban J connectivity index is 2.60. The van der Waals surface area contributed by atoms with Crippen molar-refractivity contribution in [3.05, 3.63) is 24.3 Å². The fourth-order valence-corrected chi connectivity index (χ4v) is 1.15. The van der Waals surface area contributed by atoms with E-state index in [1.165, 1.54) is 12.1 Å². The Hall–Kier alpha value is -1.17. The molecule has 0 aliphatic carbocycles. The molecule has 0 fully saturated rings. The summed E-state index contributed by atoms with van der Waals surface area (Å²) < 4.78 is 37.2. The number of carbonyl (C=O) groups is 1. The van der Waals surface area contributed by atoms with Gasteiger partial charge in [-0.05, 0) is 24.3 Å². The lowest BCUT2D eigenvalue weighted by Gasteiger charge is -2.11. The number of alkyl halides is 3. The first-order valence-electron chi connectivity index (χ1n) is 4.48. The number of amides is 1. The molecule has 0 aliphatic heterocycles. The number of thiol groups is 1. The quantitative estimate of drug-likeness (QED) is 0.789. The predicted octanol–water partition coefficient (Wildman–Crippen LogP) is 2.56. The van der Waals surface area contributed by atoms with E-state index in [-0.39, 0.29) is 0 Å². The number of rotatable bonds is 4. The first kappa shape index (κ1) is 12.9. The van der Waals surface area contributed by atoms with Gasteiger partial charge in [-0.3, -0.25) is 4.79 Å². The van der Waals surface area contributed by atoms with Gasteiger partial charge in [0.2, 0.25) is 6.17 Å². The van der Waals surface area contributed by atoms with Crippen molar-refractivity contribution in [3.8, 4) is 0 Å². The molecule has 1 N–H and O–H groups in total. The Bertz CT molecular complexity index is 358. The van der Waals surface area contributed by atoms with E-state index in [1.54, 1.807) is 12.1 Å². The second-order valence-corrected chi connectivity index (χ2v) is 3.62. The van der Waals surface area contributed by atoms with Gasteiger partial charge < -0.3 is 5.32 Å². The SMILES string of the molecule is O=C(Nc1ccc(S)cc1)C(F)C(F)CF. The van der Waals surface area contributed by atoms with Crippen LogP contribution in [0.5, 0.6) is 0 Å². The maximum Gasteiger partial charge on any atom is 0.262 e. The summed E-state index contributed by atoms with van der Waals surface area (Å²) in [6.45, 7) is -1.52. The van der Waals surface area contributed by atoms with Gasteiger partial charge in [-0.15, -0.1) is 12.6 Å². The number of nitrogens with one attached hydrogen (secondary N) is 1. The van der Waals surface area contributed by atoms with E-state index < -0.39 is 24.9 Å². The third kappa shape index (κ3) is 3.44. The highest BCUT2D eigenvalue weighted by Gasteiger charge is 2.27. The van der Waals surface area contributed by atoms with Crippen molar-refractivity contribution in [1.82, 2.24) is 0 Å². The summed E-state index contributed by atoms with van der Waals surface area (Å²) in [7, 11) is 0. The fraction of sp³-hybridized carbons (Fsp3) is 0.300. The van der Waals surface area contributed by atoms with Gasteiger partial charge in [0.1, 0.15) is 6.67 Å². The lowest BCUT2D eigenvalue weighted by Crippen LogP contribution is -2.33. The largest absolute Gasteiger partial charge is 0.323 e. The van der Waals surface area contributed by atoms with E-state index in [0.717, 1.165) is 0 Å². The van der Waals surface area contributed by atoms with Gasteiger partial charge in [-0.2, -0.15) is 0 Å². The molecule has 0 aromatic heterocycles. The summed E-state index contributed by atoms with van der Waals surface area (Å²) in [4.78, 5) is 11.8. The summed E-state index contributed by atoms with van der Waals surface area (Å²) in [5.41, 5.74) is 0.302. The van der Waals surface area contributed by atoms with Gasteiger partial charge in [0.05, 0.1) is 0 Å². The first-order chi connectivity index (χ1) is 7.54. The lowest BCUT2D eigenvalue weighted by molar-refractivity contribution is -0.123. The third-order valence-corrected chi connectivity index (χ3v) is 2.15. The van der Waals surface area contributed by atoms with Crippen molar-refractivity contribution in [2.24, 2.45) is 0 Å². The highest BCUT2D eigenvalue weighted by molar-refractivity contribution is 7.80. The van der Waals surface area contributed by atoms with Gasteiger partial charge in [0, 0.05) is 10.6 Å². The molecule has 16 heavy (non-hydrogen) atoms. The standard InChI is InChI=1S/C10H10F3NOS/c11-5-8(12)9(13)10(15)14-6-1-3-7(16)4-2-6/h1-4,8-9,16H,5H2,(H,14,15). The van der Waals surface area contributed by atoms with E-state index in [1.807, 2.05) is 0 Å². The zero-order valence-electron chi connectivity index (χ0n) is 8.16. The average Bonchev–Trinajstić information content (AvgIpc) is 2.30. The Labute approximate surface area is 96.3 Å². The minimum atomic E-state index is -2.50. The maximum atomic E-state index is 12.9. The first-order valence-corrected chi connectivity index (χ1v) is 4.93. The van der Waals surface area contributed by atoms with Crippen LogP contribution in [0, 0.1) is 0 Å². The minimum absolute atomic E-state index is 0.302. The second-order valence-electron chi connectivity index (χ2n) is 3.11. The Morgan fingerprint density at radius 1 is 1.31 bits per heavy atom. The summed E-state index contributed by atoms with van der Waals surface area (Å²) in [6.07, 6.45) is -4.93. The van der Waals surface area contributed by atoms with Crippen LogP contribution in [0.3, 0.4) is 0 Å². The molecular weight excluding hydrogens is 239 g/mol. The van der Waals surface area contributed by atoms with E-state index in [4.69, 9.17) is 0 Å². The van der Waals surface area contributed by atoms with Crippen molar-refractivity contribution in [2.45, 2.75) is 17.2 Å². The zero-order valence-corrected chi connectivity index (χ0v) is 9.05. The highest BCUT2D eigenvalue weighted by Crippen LogP contribution is 2.14. The number of anilines is 1. The molecule has 0 spiro atoms. The molecule has 0 bridgehead atoms. The highest BCUT2D eigenvalue weighted by atomic mass is 32.1. The molecule has 6 heteroatoms. The molecule has 0 saturated heterocycles. The predicted molar refractivity (Wildman–Crippen MR) is 58.1 cm³/mol. The average molecular weight is 249 g/mol. The van der Waals surface area contributed by atoms with Gasteiger partial charge in [0.25, 0.3) is 5.91 Å². The second kappa shape index (κ2) is 5.79. The van der Waals surface area contributed by atoms with Crippen LogP contribution in [0.4, 0.5) is 18.9 Å². The molecule has 0 heterocycles. The molecule has 0 radical (unpaired) electrons. The maximum absolute atomic E-state index is 12.9. The summed E-state index contributed by atoms with van der Waals surface area (Å²) in [6, 6.07) is 6.12. The summed E-state index contributed by atoms with van der Waals surface area (Å²) in [5.74, 6) is -1.20. The van der Waals surface area contributed by atoms with E-state index in [0.29, 0.717) is 10.6 Å². The minimum Gasteiger partial charge on any atom is -0.323 e. The van der Waals surface area contributed by atoms with E-state index in [2.05, 4.69) is 17.9 Å². The summed E-state index contributed by atoms with van der Waals surface area (Å²) in [5, 5.41) is 2.13. The Morgan fingerprint density at radius 2 is 1.88 bits per heavy atom. The molecule has 1 amide bonds. The smallest absolute Gasteiger partial charge is 0.262 e. The fourth-order valence-electron chi connectivity index (χ4n) is 0.998. The topological polar surface area (TPSA) is 29.1 Å². The van der Waals surface area contributed by atoms with Crippen LogP contribution in [0.2, 0.25) is 0 Å². The van der Waals surface area contributed by atoms with Crippen molar-refractivity contribution in [3.63, 3.8) is 0 Å². The van der Waals surface area contributed by atoms with Gasteiger partial charge in [-0.1, -0.05) is 0 Å². The molecule has 88 valence electrons. The Morgan fingerprint density at radius 3 is 2.38 bits per heavy atom. The van der Waals surface area contributed by atoms with Crippen LogP contribution < -0.4 is 5.32 Å². The molecular formula is C10H10F3NOS. The van der Waals surface area contributed by atoms with Crippen molar-refractivity contribution < 1.29 is 18.0 Å². The molecule has 0 aliphatic rings.